The monoisotopic (exact) mass is 308 g/mol. The van der Waals surface area contributed by atoms with Crippen molar-refractivity contribution in [2.45, 2.75) is 6.42 Å². The zero-order valence-electron chi connectivity index (χ0n) is 12.2. The molecule has 4 nitrogen and oxygen atoms in total. The van der Waals surface area contributed by atoms with Crippen LogP contribution < -0.4 is 5.56 Å². The van der Waals surface area contributed by atoms with Crippen LogP contribution in [0.3, 0.4) is 0 Å². The third-order valence-electron chi connectivity index (χ3n) is 3.36. The molecule has 3 aromatic rings. The molecule has 2 aromatic heterocycles. The Morgan fingerprint density at radius 1 is 1.13 bits per heavy atom. The van der Waals surface area contributed by atoms with Gasteiger partial charge in [-0.15, -0.1) is 0 Å². The van der Waals surface area contributed by atoms with Gasteiger partial charge in [-0.25, -0.2) is 9.37 Å². The highest BCUT2D eigenvalue weighted by atomic mass is 19.1. The SMILES string of the molecule is O=c1c(CCO)cnc2cc(C#Cc3ccc(F)cc3)ccn12. The Bertz CT molecular complexity index is 966. The number of aliphatic hydroxyl groups excluding tert-OH is 1. The molecule has 0 aliphatic rings. The Morgan fingerprint density at radius 3 is 2.61 bits per heavy atom. The van der Waals surface area contributed by atoms with E-state index in [0.29, 0.717) is 22.3 Å². The van der Waals surface area contributed by atoms with Gasteiger partial charge in [0, 0.05) is 42.1 Å². The van der Waals surface area contributed by atoms with Crippen molar-refractivity contribution < 1.29 is 9.50 Å². The summed E-state index contributed by atoms with van der Waals surface area (Å²) in [5.41, 5.74) is 2.17. The standard InChI is InChI=1S/C18H13FN2O2/c19-16-5-3-13(4-6-16)1-2-14-7-9-21-17(11-14)20-12-15(8-10-22)18(21)23/h3-7,9,11-12,22H,8,10H2. The molecule has 0 aliphatic carbocycles. The fourth-order valence-electron chi connectivity index (χ4n) is 2.16. The molecule has 23 heavy (non-hydrogen) atoms. The van der Waals surface area contributed by atoms with Crippen molar-refractivity contribution in [2.24, 2.45) is 0 Å². The minimum absolute atomic E-state index is 0.0930. The van der Waals surface area contributed by atoms with Gasteiger partial charge in [0.2, 0.25) is 0 Å². The van der Waals surface area contributed by atoms with Crippen molar-refractivity contribution in [1.82, 2.24) is 9.38 Å². The van der Waals surface area contributed by atoms with E-state index in [-0.39, 0.29) is 24.4 Å². The van der Waals surface area contributed by atoms with Gasteiger partial charge < -0.3 is 5.11 Å². The summed E-state index contributed by atoms with van der Waals surface area (Å²) in [4.78, 5) is 16.4. The molecular weight excluding hydrogens is 295 g/mol. The van der Waals surface area contributed by atoms with Crippen molar-refractivity contribution in [3.05, 3.63) is 81.7 Å². The van der Waals surface area contributed by atoms with E-state index >= 15 is 0 Å². The van der Waals surface area contributed by atoms with E-state index in [0.717, 1.165) is 0 Å². The highest BCUT2D eigenvalue weighted by Gasteiger charge is 2.04. The van der Waals surface area contributed by atoms with Crippen LogP contribution in [0.1, 0.15) is 16.7 Å². The smallest absolute Gasteiger partial charge is 0.261 e. The number of aromatic nitrogens is 2. The molecule has 0 unspecified atom stereocenters. The summed E-state index contributed by atoms with van der Waals surface area (Å²) >= 11 is 0. The van der Waals surface area contributed by atoms with E-state index in [1.165, 1.54) is 22.7 Å². The third-order valence-corrected chi connectivity index (χ3v) is 3.36. The molecule has 114 valence electrons. The summed E-state index contributed by atoms with van der Waals surface area (Å²) < 4.78 is 14.3. The van der Waals surface area contributed by atoms with Gasteiger partial charge in [0.1, 0.15) is 11.5 Å². The molecule has 0 saturated carbocycles. The molecule has 0 aliphatic heterocycles. The number of fused-ring (bicyclic) bond motifs is 1. The minimum Gasteiger partial charge on any atom is -0.396 e. The first kappa shape index (κ1) is 14.9. The number of rotatable bonds is 2. The molecule has 0 atom stereocenters. The summed E-state index contributed by atoms with van der Waals surface area (Å²) in [6, 6.07) is 9.35. The Hall–Kier alpha value is -2.97. The lowest BCUT2D eigenvalue weighted by atomic mass is 10.2. The van der Waals surface area contributed by atoms with Crippen molar-refractivity contribution in [3.8, 4) is 11.8 Å². The molecule has 3 rings (SSSR count). The van der Waals surface area contributed by atoms with Gasteiger partial charge in [-0.2, -0.15) is 0 Å². The zero-order valence-corrected chi connectivity index (χ0v) is 12.2. The number of pyridine rings is 1. The average molecular weight is 308 g/mol. The molecule has 0 spiro atoms. The Balaban J connectivity index is 1.97. The van der Waals surface area contributed by atoms with E-state index in [2.05, 4.69) is 16.8 Å². The average Bonchev–Trinajstić information content (AvgIpc) is 2.57. The highest BCUT2D eigenvalue weighted by Crippen LogP contribution is 2.05. The van der Waals surface area contributed by atoms with Crippen LogP contribution in [0.25, 0.3) is 5.65 Å². The molecule has 2 heterocycles. The van der Waals surface area contributed by atoms with Crippen LogP contribution in [0.5, 0.6) is 0 Å². The second-order valence-electron chi connectivity index (χ2n) is 4.96. The molecule has 0 saturated heterocycles. The predicted octanol–water partition coefficient (Wildman–Crippen LogP) is 1.77. The van der Waals surface area contributed by atoms with Crippen LogP contribution in [-0.2, 0) is 6.42 Å². The number of aliphatic hydroxyl groups is 1. The Labute approximate surface area is 131 Å². The molecule has 5 heteroatoms. The Kier molecular flexibility index (Phi) is 4.18. The first-order chi connectivity index (χ1) is 11.2. The van der Waals surface area contributed by atoms with Crippen molar-refractivity contribution in [1.29, 1.82) is 0 Å². The van der Waals surface area contributed by atoms with Gasteiger partial charge in [-0.3, -0.25) is 9.20 Å². The summed E-state index contributed by atoms with van der Waals surface area (Å²) in [6.45, 7) is -0.0930. The minimum atomic E-state index is -0.302. The summed E-state index contributed by atoms with van der Waals surface area (Å²) in [5.74, 6) is 5.60. The van der Waals surface area contributed by atoms with Crippen LogP contribution in [0.4, 0.5) is 4.39 Å². The van der Waals surface area contributed by atoms with Crippen molar-refractivity contribution in [2.75, 3.05) is 6.61 Å². The number of halogens is 1. The third kappa shape index (κ3) is 3.28. The molecule has 1 N–H and O–H groups in total. The predicted molar refractivity (Wildman–Crippen MR) is 84.6 cm³/mol. The maximum atomic E-state index is 12.8. The number of benzene rings is 1. The normalized spacial score (nSPS) is 10.3. The lowest BCUT2D eigenvalue weighted by Crippen LogP contribution is -2.20. The molecular formula is C18H13FN2O2. The van der Waals surface area contributed by atoms with Gasteiger partial charge in [-0.05, 0) is 36.4 Å². The van der Waals surface area contributed by atoms with Crippen LogP contribution in [0.2, 0.25) is 0 Å². The zero-order chi connectivity index (χ0) is 16.2. The van der Waals surface area contributed by atoms with E-state index in [4.69, 9.17) is 5.11 Å². The van der Waals surface area contributed by atoms with Crippen LogP contribution in [-0.4, -0.2) is 21.1 Å². The summed E-state index contributed by atoms with van der Waals surface area (Å²) in [5, 5.41) is 8.94. The summed E-state index contributed by atoms with van der Waals surface area (Å²) in [7, 11) is 0. The van der Waals surface area contributed by atoms with Gasteiger partial charge in [-0.1, -0.05) is 11.8 Å². The Morgan fingerprint density at radius 2 is 1.87 bits per heavy atom. The summed E-state index contributed by atoms with van der Waals surface area (Å²) in [6.07, 6.45) is 3.37. The van der Waals surface area contributed by atoms with Gasteiger partial charge >= 0.3 is 0 Å². The van der Waals surface area contributed by atoms with Crippen molar-refractivity contribution in [3.63, 3.8) is 0 Å². The largest absolute Gasteiger partial charge is 0.396 e. The van der Waals surface area contributed by atoms with Crippen molar-refractivity contribution >= 4 is 5.65 Å². The molecule has 0 amide bonds. The first-order valence-corrected chi connectivity index (χ1v) is 7.06. The fraction of sp³-hybridized carbons (Fsp3) is 0.111. The quantitative estimate of drug-likeness (QED) is 0.734. The number of hydrogen-bond donors (Lipinski definition) is 1. The first-order valence-electron chi connectivity index (χ1n) is 7.06. The van der Waals surface area contributed by atoms with E-state index in [9.17, 15) is 9.18 Å². The van der Waals surface area contributed by atoms with Crippen LogP contribution in [0, 0.1) is 17.7 Å². The molecule has 0 fully saturated rings. The van der Waals surface area contributed by atoms with Gasteiger partial charge in [0.05, 0.1) is 0 Å². The topological polar surface area (TPSA) is 54.6 Å². The lowest BCUT2D eigenvalue weighted by molar-refractivity contribution is 0.299. The van der Waals surface area contributed by atoms with E-state index in [1.807, 2.05) is 0 Å². The highest BCUT2D eigenvalue weighted by molar-refractivity contribution is 5.49. The number of hydrogen-bond acceptors (Lipinski definition) is 3. The van der Waals surface area contributed by atoms with Gasteiger partial charge in [0.15, 0.2) is 0 Å². The van der Waals surface area contributed by atoms with E-state index < -0.39 is 0 Å². The van der Waals surface area contributed by atoms with E-state index in [1.54, 1.807) is 30.5 Å². The second kappa shape index (κ2) is 6.42. The molecule has 0 bridgehead atoms. The molecule has 1 aromatic carbocycles. The van der Waals surface area contributed by atoms with Crippen LogP contribution >= 0.6 is 0 Å². The maximum absolute atomic E-state index is 12.8. The van der Waals surface area contributed by atoms with Crippen LogP contribution in [0.15, 0.2) is 53.6 Å². The fourth-order valence-corrected chi connectivity index (χ4v) is 2.16. The lowest BCUT2D eigenvalue weighted by Gasteiger charge is -2.03. The number of nitrogens with zero attached hydrogens (tertiary/aromatic N) is 2. The maximum Gasteiger partial charge on any atom is 0.261 e. The second-order valence-corrected chi connectivity index (χ2v) is 4.96. The van der Waals surface area contributed by atoms with Gasteiger partial charge in [0.25, 0.3) is 5.56 Å². The molecule has 0 radical (unpaired) electrons.